The van der Waals surface area contributed by atoms with Gasteiger partial charge in [0.2, 0.25) is 5.91 Å². The third-order valence-electron chi connectivity index (χ3n) is 3.89. The van der Waals surface area contributed by atoms with Gasteiger partial charge in [-0.1, -0.05) is 23.7 Å². The number of carbonyl (C=O) groups excluding carboxylic acids is 1. The van der Waals surface area contributed by atoms with Crippen molar-refractivity contribution < 1.29 is 18.3 Å². The Balaban J connectivity index is 0.00000450. The molecule has 0 saturated carbocycles. The Morgan fingerprint density at radius 1 is 1.17 bits per heavy atom. The highest BCUT2D eigenvalue weighted by molar-refractivity contribution is 14.0. The van der Waals surface area contributed by atoms with Gasteiger partial charge < -0.3 is 20.7 Å². The quantitative estimate of drug-likeness (QED) is 0.257. The van der Waals surface area contributed by atoms with Crippen molar-refractivity contribution in [3.8, 4) is 5.75 Å². The number of nitrogens with one attached hydrogen (secondary N) is 3. The minimum absolute atomic E-state index is 0. The number of amides is 1. The number of hydrogen-bond donors (Lipinski definition) is 3. The maximum Gasteiger partial charge on any atom is 0.387 e. The van der Waals surface area contributed by atoms with E-state index in [1.54, 1.807) is 13.1 Å². The molecule has 2 rings (SSSR count). The third kappa shape index (κ3) is 9.12. The summed E-state index contributed by atoms with van der Waals surface area (Å²) < 4.78 is 29.6. The zero-order valence-corrected chi connectivity index (χ0v) is 19.6. The summed E-state index contributed by atoms with van der Waals surface area (Å²) in [7, 11) is 1.62. The highest BCUT2D eigenvalue weighted by Crippen LogP contribution is 2.24. The van der Waals surface area contributed by atoms with Crippen LogP contribution in [0.4, 0.5) is 14.5 Å². The SMILES string of the molecule is CN=C(NCCc1ccc(NC(C)=O)cc1)NCc1cc(Cl)ccc1OC(F)F.I. The van der Waals surface area contributed by atoms with Crippen molar-refractivity contribution in [3.05, 3.63) is 58.6 Å². The Kier molecular flexibility index (Phi) is 11.4. The van der Waals surface area contributed by atoms with Crippen molar-refractivity contribution in [2.45, 2.75) is 26.5 Å². The molecule has 0 radical (unpaired) electrons. The number of guanidine groups is 1. The van der Waals surface area contributed by atoms with Gasteiger partial charge in [-0.05, 0) is 42.3 Å². The van der Waals surface area contributed by atoms with Crippen molar-refractivity contribution in [2.75, 3.05) is 18.9 Å². The molecular weight excluding hydrogens is 529 g/mol. The smallest absolute Gasteiger partial charge is 0.387 e. The van der Waals surface area contributed by atoms with Crippen LogP contribution >= 0.6 is 35.6 Å². The standard InChI is InChI=1S/C20H23ClF2N4O2.HI/c1-13(28)27-17-6-3-14(4-7-17)9-10-25-20(24-2)26-12-15-11-16(21)5-8-18(15)29-19(22)23;/h3-8,11,19H,9-10,12H2,1-2H3,(H,27,28)(H2,24,25,26);1H. The first-order valence-corrected chi connectivity index (χ1v) is 9.29. The van der Waals surface area contributed by atoms with E-state index in [0.717, 1.165) is 17.7 Å². The van der Waals surface area contributed by atoms with E-state index in [0.29, 0.717) is 23.1 Å². The topological polar surface area (TPSA) is 74.8 Å². The van der Waals surface area contributed by atoms with Crippen LogP contribution in [0.15, 0.2) is 47.5 Å². The zero-order chi connectivity index (χ0) is 21.2. The number of anilines is 1. The molecule has 1 amide bonds. The van der Waals surface area contributed by atoms with E-state index in [9.17, 15) is 13.6 Å². The van der Waals surface area contributed by atoms with Gasteiger partial charge in [0.25, 0.3) is 0 Å². The first kappa shape index (κ1) is 25.9. The third-order valence-corrected chi connectivity index (χ3v) is 4.12. The van der Waals surface area contributed by atoms with Crippen molar-refractivity contribution in [1.29, 1.82) is 0 Å². The van der Waals surface area contributed by atoms with Gasteiger partial charge in [-0.25, -0.2) is 0 Å². The van der Waals surface area contributed by atoms with Crippen LogP contribution in [-0.4, -0.2) is 32.1 Å². The van der Waals surface area contributed by atoms with Crippen LogP contribution < -0.4 is 20.7 Å². The molecule has 2 aromatic rings. The number of carbonyl (C=O) groups is 1. The summed E-state index contributed by atoms with van der Waals surface area (Å²) in [5.74, 6) is 0.463. The minimum atomic E-state index is -2.91. The van der Waals surface area contributed by atoms with Gasteiger partial charge in [-0.15, -0.1) is 24.0 Å². The van der Waals surface area contributed by atoms with Gasteiger partial charge in [0.1, 0.15) is 5.75 Å². The molecule has 10 heteroatoms. The number of rotatable bonds is 8. The van der Waals surface area contributed by atoms with Gasteiger partial charge in [0, 0.05) is 43.3 Å². The molecule has 0 aromatic heterocycles. The summed E-state index contributed by atoms with van der Waals surface area (Å²) in [5, 5.41) is 9.35. The fourth-order valence-corrected chi connectivity index (χ4v) is 2.77. The number of ether oxygens (including phenoxy) is 1. The average Bonchev–Trinajstić information content (AvgIpc) is 2.67. The highest BCUT2D eigenvalue weighted by Gasteiger charge is 2.11. The lowest BCUT2D eigenvalue weighted by atomic mass is 10.1. The molecule has 0 aliphatic rings. The Bertz CT molecular complexity index is 851. The zero-order valence-electron chi connectivity index (χ0n) is 16.5. The number of benzene rings is 2. The minimum Gasteiger partial charge on any atom is -0.434 e. The van der Waals surface area contributed by atoms with Gasteiger partial charge in [0.05, 0.1) is 0 Å². The van der Waals surface area contributed by atoms with Crippen molar-refractivity contribution in [1.82, 2.24) is 10.6 Å². The fourth-order valence-electron chi connectivity index (χ4n) is 2.58. The molecule has 3 N–H and O–H groups in total. The molecule has 2 aromatic carbocycles. The van der Waals surface area contributed by atoms with Crippen LogP contribution in [0.5, 0.6) is 5.75 Å². The molecule has 6 nitrogen and oxygen atoms in total. The van der Waals surface area contributed by atoms with Crippen LogP contribution in [0.2, 0.25) is 5.02 Å². The van der Waals surface area contributed by atoms with E-state index in [-0.39, 0.29) is 42.2 Å². The predicted molar refractivity (Wildman–Crippen MR) is 126 cm³/mol. The van der Waals surface area contributed by atoms with Crippen molar-refractivity contribution in [3.63, 3.8) is 0 Å². The lowest BCUT2D eigenvalue weighted by molar-refractivity contribution is -0.114. The maximum atomic E-state index is 12.5. The van der Waals surface area contributed by atoms with Gasteiger partial charge >= 0.3 is 6.61 Å². The molecule has 164 valence electrons. The van der Waals surface area contributed by atoms with E-state index in [2.05, 4.69) is 25.7 Å². The van der Waals surface area contributed by atoms with E-state index in [1.165, 1.54) is 19.1 Å². The molecule has 0 aliphatic heterocycles. The molecule has 0 bridgehead atoms. The lowest BCUT2D eigenvalue weighted by Crippen LogP contribution is -2.38. The summed E-state index contributed by atoms with van der Waals surface area (Å²) in [5.41, 5.74) is 2.33. The molecule has 0 unspecified atom stereocenters. The first-order valence-electron chi connectivity index (χ1n) is 8.91. The van der Waals surface area contributed by atoms with Crippen LogP contribution in [0.3, 0.4) is 0 Å². The summed E-state index contributed by atoms with van der Waals surface area (Å²) in [6.07, 6.45) is 0.734. The van der Waals surface area contributed by atoms with E-state index in [1.807, 2.05) is 24.3 Å². The second kappa shape index (κ2) is 13.2. The largest absolute Gasteiger partial charge is 0.434 e. The number of alkyl halides is 2. The second-order valence-corrected chi connectivity index (χ2v) is 6.55. The van der Waals surface area contributed by atoms with E-state index < -0.39 is 6.61 Å². The Labute approximate surface area is 196 Å². The van der Waals surface area contributed by atoms with Crippen molar-refractivity contribution in [2.24, 2.45) is 4.99 Å². The number of nitrogens with zero attached hydrogens (tertiary/aromatic N) is 1. The van der Waals surface area contributed by atoms with Gasteiger partial charge in [0.15, 0.2) is 5.96 Å². The Hall–Kier alpha value is -2.14. The van der Waals surface area contributed by atoms with Crippen LogP contribution in [0.25, 0.3) is 0 Å². The summed E-state index contributed by atoms with van der Waals surface area (Å²) in [4.78, 5) is 15.2. The maximum absolute atomic E-state index is 12.5. The summed E-state index contributed by atoms with van der Waals surface area (Å²) in [6.45, 7) is -0.630. The second-order valence-electron chi connectivity index (χ2n) is 6.11. The van der Waals surface area contributed by atoms with Crippen LogP contribution in [0, 0.1) is 0 Å². The normalized spacial score (nSPS) is 10.9. The van der Waals surface area contributed by atoms with Crippen LogP contribution in [0.1, 0.15) is 18.1 Å². The fraction of sp³-hybridized carbons (Fsp3) is 0.300. The van der Waals surface area contributed by atoms with Crippen molar-refractivity contribution >= 4 is 53.1 Å². The molecule has 0 atom stereocenters. The van der Waals surface area contributed by atoms with E-state index >= 15 is 0 Å². The molecule has 30 heavy (non-hydrogen) atoms. The Morgan fingerprint density at radius 3 is 2.47 bits per heavy atom. The first-order chi connectivity index (χ1) is 13.9. The highest BCUT2D eigenvalue weighted by atomic mass is 127. The van der Waals surface area contributed by atoms with Gasteiger partial charge in [-0.3, -0.25) is 9.79 Å². The predicted octanol–water partition coefficient (Wildman–Crippen LogP) is 4.43. The average molecular weight is 553 g/mol. The molecule has 0 heterocycles. The molecule has 0 spiro atoms. The monoisotopic (exact) mass is 552 g/mol. The summed E-state index contributed by atoms with van der Waals surface area (Å²) >= 11 is 5.95. The molecular formula is C20H24ClF2IN4O2. The number of hydrogen-bond acceptors (Lipinski definition) is 3. The number of halogens is 4. The Morgan fingerprint density at radius 2 is 1.87 bits per heavy atom. The number of aliphatic imine (C=N–C) groups is 1. The molecule has 0 fully saturated rings. The van der Waals surface area contributed by atoms with Gasteiger partial charge in [-0.2, -0.15) is 8.78 Å². The summed E-state index contributed by atoms with van der Waals surface area (Å²) in [6, 6.07) is 12.0. The van der Waals surface area contributed by atoms with E-state index in [4.69, 9.17) is 11.6 Å². The molecule has 0 aliphatic carbocycles. The van der Waals surface area contributed by atoms with Crippen LogP contribution in [-0.2, 0) is 17.8 Å². The lowest BCUT2D eigenvalue weighted by Gasteiger charge is -2.15. The molecule has 0 saturated heterocycles.